The van der Waals surface area contributed by atoms with Gasteiger partial charge in [-0.2, -0.15) is 0 Å². The van der Waals surface area contributed by atoms with Crippen molar-refractivity contribution in [3.63, 3.8) is 0 Å². The number of rotatable bonds is 6. The number of hydrogen-bond acceptors (Lipinski definition) is 4. The molecule has 3 aromatic heterocycles. The summed E-state index contributed by atoms with van der Waals surface area (Å²) in [7, 11) is 0. The molecular formula is C20H20N4S2. The standard InChI is InChI=1S/C20H20N4S2/c1-16-6-2-3-7-17(16)22-20-24(11-5-10-23-12-9-21-15-23)18(14-26-20)19-8-4-13-25-19/h2-4,6-9,12-15H,5,10-11H2,1H3. The first-order valence-corrected chi connectivity index (χ1v) is 10.4. The van der Waals surface area contributed by atoms with Gasteiger partial charge in [0.1, 0.15) is 0 Å². The van der Waals surface area contributed by atoms with Crippen LogP contribution in [0.4, 0.5) is 5.69 Å². The topological polar surface area (TPSA) is 35.1 Å². The van der Waals surface area contributed by atoms with Crippen molar-refractivity contribution in [1.82, 2.24) is 14.1 Å². The third-order valence-electron chi connectivity index (χ3n) is 4.26. The fraction of sp³-hybridized carbons (Fsp3) is 0.200. The van der Waals surface area contributed by atoms with Gasteiger partial charge in [0.2, 0.25) is 0 Å². The molecule has 3 heterocycles. The number of thiazole rings is 1. The minimum absolute atomic E-state index is 0.930. The van der Waals surface area contributed by atoms with Crippen LogP contribution in [0.25, 0.3) is 10.6 Å². The third kappa shape index (κ3) is 3.71. The summed E-state index contributed by atoms with van der Waals surface area (Å²) in [4.78, 5) is 11.4. The molecule has 26 heavy (non-hydrogen) atoms. The number of aromatic nitrogens is 3. The van der Waals surface area contributed by atoms with Crippen molar-refractivity contribution in [2.45, 2.75) is 26.4 Å². The Labute approximate surface area is 160 Å². The van der Waals surface area contributed by atoms with Crippen LogP contribution < -0.4 is 4.80 Å². The Bertz CT molecular complexity index is 1020. The molecule has 0 spiro atoms. The number of benzene rings is 1. The van der Waals surface area contributed by atoms with Crippen LogP contribution in [0.3, 0.4) is 0 Å². The summed E-state index contributed by atoms with van der Waals surface area (Å²) in [5.74, 6) is 0. The van der Waals surface area contributed by atoms with Crippen LogP contribution in [-0.2, 0) is 13.1 Å². The molecule has 4 aromatic rings. The van der Waals surface area contributed by atoms with Crippen molar-refractivity contribution < 1.29 is 0 Å². The lowest BCUT2D eigenvalue weighted by Crippen LogP contribution is -2.17. The van der Waals surface area contributed by atoms with E-state index in [9.17, 15) is 0 Å². The third-order valence-corrected chi connectivity index (χ3v) is 6.02. The number of nitrogens with zero attached hydrogens (tertiary/aromatic N) is 4. The van der Waals surface area contributed by atoms with E-state index in [1.165, 1.54) is 16.1 Å². The number of hydrogen-bond donors (Lipinski definition) is 0. The van der Waals surface area contributed by atoms with Gasteiger partial charge in [0.15, 0.2) is 4.80 Å². The fourth-order valence-electron chi connectivity index (χ4n) is 2.88. The lowest BCUT2D eigenvalue weighted by Gasteiger charge is -2.09. The SMILES string of the molecule is Cc1ccccc1N=c1scc(-c2cccs2)n1CCCn1ccnc1. The van der Waals surface area contributed by atoms with Crippen molar-refractivity contribution in [3.8, 4) is 10.6 Å². The van der Waals surface area contributed by atoms with E-state index in [1.807, 2.05) is 24.8 Å². The molecule has 4 rings (SSSR count). The Morgan fingerprint density at radius 2 is 2.00 bits per heavy atom. The van der Waals surface area contributed by atoms with Crippen LogP contribution in [0.1, 0.15) is 12.0 Å². The fourth-order valence-corrected chi connectivity index (χ4v) is 4.64. The number of thiophene rings is 1. The van der Waals surface area contributed by atoms with Crippen molar-refractivity contribution >= 4 is 28.4 Å². The highest BCUT2D eigenvalue weighted by atomic mass is 32.1. The molecule has 0 atom stereocenters. The van der Waals surface area contributed by atoms with E-state index in [0.717, 1.165) is 30.0 Å². The molecule has 0 fully saturated rings. The van der Waals surface area contributed by atoms with Crippen molar-refractivity contribution in [2.24, 2.45) is 4.99 Å². The van der Waals surface area contributed by atoms with E-state index < -0.39 is 0 Å². The molecule has 0 amide bonds. The molecule has 6 heteroatoms. The van der Waals surface area contributed by atoms with Crippen molar-refractivity contribution in [1.29, 1.82) is 0 Å². The first-order valence-electron chi connectivity index (χ1n) is 8.59. The van der Waals surface area contributed by atoms with Gasteiger partial charge in [-0.15, -0.1) is 22.7 Å². The van der Waals surface area contributed by atoms with Gasteiger partial charge in [0.05, 0.1) is 22.6 Å². The second kappa shape index (κ2) is 7.85. The highest BCUT2D eigenvalue weighted by molar-refractivity contribution is 7.14. The molecule has 0 aliphatic rings. The summed E-state index contributed by atoms with van der Waals surface area (Å²) in [6.07, 6.45) is 6.74. The summed E-state index contributed by atoms with van der Waals surface area (Å²) in [5.41, 5.74) is 3.49. The Morgan fingerprint density at radius 3 is 2.77 bits per heavy atom. The quantitative estimate of drug-likeness (QED) is 0.458. The minimum Gasteiger partial charge on any atom is -0.337 e. The lowest BCUT2D eigenvalue weighted by molar-refractivity contribution is 0.559. The van der Waals surface area contributed by atoms with E-state index in [4.69, 9.17) is 4.99 Å². The average Bonchev–Trinajstić information content (AvgIpc) is 3.39. The molecule has 0 aliphatic heterocycles. The van der Waals surface area contributed by atoms with Gasteiger partial charge in [0.25, 0.3) is 0 Å². The zero-order valence-electron chi connectivity index (χ0n) is 14.6. The molecule has 0 bridgehead atoms. The summed E-state index contributed by atoms with van der Waals surface area (Å²) in [6.45, 7) is 3.99. The minimum atomic E-state index is 0.930. The first kappa shape index (κ1) is 17.0. The molecule has 0 saturated carbocycles. The number of imidazole rings is 1. The molecule has 0 radical (unpaired) electrons. The maximum atomic E-state index is 4.95. The smallest absolute Gasteiger partial charge is 0.190 e. The second-order valence-corrected chi connectivity index (χ2v) is 7.87. The van der Waals surface area contributed by atoms with Crippen LogP contribution in [-0.4, -0.2) is 14.1 Å². The predicted molar refractivity (Wildman–Crippen MR) is 109 cm³/mol. The highest BCUT2D eigenvalue weighted by Gasteiger charge is 2.09. The van der Waals surface area contributed by atoms with Crippen LogP contribution in [0.15, 0.2) is 70.9 Å². The number of para-hydroxylation sites is 1. The normalized spacial score (nSPS) is 12.0. The van der Waals surface area contributed by atoms with Gasteiger partial charge < -0.3 is 9.13 Å². The van der Waals surface area contributed by atoms with Gasteiger partial charge in [-0.25, -0.2) is 9.98 Å². The van der Waals surface area contributed by atoms with E-state index in [-0.39, 0.29) is 0 Å². The Kier molecular flexibility index (Phi) is 5.13. The van der Waals surface area contributed by atoms with Gasteiger partial charge in [-0.1, -0.05) is 24.3 Å². The first-order chi connectivity index (χ1) is 12.8. The average molecular weight is 381 g/mol. The zero-order valence-corrected chi connectivity index (χ0v) is 16.2. The monoisotopic (exact) mass is 380 g/mol. The van der Waals surface area contributed by atoms with E-state index in [1.54, 1.807) is 22.7 Å². The summed E-state index contributed by atoms with van der Waals surface area (Å²) in [5, 5.41) is 4.35. The molecule has 132 valence electrons. The Hall–Kier alpha value is -2.44. The van der Waals surface area contributed by atoms with Gasteiger partial charge in [-0.05, 0) is 36.4 Å². The van der Waals surface area contributed by atoms with Crippen LogP contribution in [0.5, 0.6) is 0 Å². The molecule has 1 aromatic carbocycles. The van der Waals surface area contributed by atoms with E-state index >= 15 is 0 Å². The molecule has 0 N–H and O–H groups in total. The molecule has 0 saturated heterocycles. The van der Waals surface area contributed by atoms with Crippen LogP contribution in [0, 0.1) is 6.92 Å². The van der Waals surface area contributed by atoms with Crippen LogP contribution >= 0.6 is 22.7 Å². The summed E-state index contributed by atoms with van der Waals surface area (Å²) in [6, 6.07) is 12.6. The second-order valence-electron chi connectivity index (χ2n) is 6.08. The maximum absolute atomic E-state index is 4.95. The highest BCUT2D eigenvalue weighted by Crippen LogP contribution is 2.26. The number of aryl methyl sites for hydroxylation is 2. The van der Waals surface area contributed by atoms with Gasteiger partial charge >= 0.3 is 0 Å². The lowest BCUT2D eigenvalue weighted by atomic mass is 10.2. The predicted octanol–water partition coefficient (Wildman–Crippen LogP) is 5.11. The summed E-state index contributed by atoms with van der Waals surface area (Å²) < 4.78 is 4.47. The van der Waals surface area contributed by atoms with Gasteiger partial charge in [0, 0.05) is 30.9 Å². The van der Waals surface area contributed by atoms with Crippen molar-refractivity contribution in [2.75, 3.05) is 0 Å². The van der Waals surface area contributed by atoms with Crippen LogP contribution in [0.2, 0.25) is 0 Å². The molecule has 0 aliphatic carbocycles. The van der Waals surface area contributed by atoms with E-state index in [0.29, 0.717) is 0 Å². The van der Waals surface area contributed by atoms with Crippen molar-refractivity contribution in [3.05, 3.63) is 76.2 Å². The van der Waals surface area contributed by atoms with Gasteiger partial charge in [-0.3, -0.25) is 0 Å². The Morgan fingerprint density at radius 1 is 1.08 bits per heavy atom. The molecular weight excluding hydrogens is 360 g/mol. The summed E-state index contributed by atoms with van der Waals surface area (Å²) >= 11 is 3.48. The zero-order chi connectivity index (χ0) is 17.8. The largest absolute Gasteiger partial charge is 0.337 e. The maximum Gasteiger partial charge on any atom is 0.190 e. The Balaban J connectivity index is 1.68. The molecule has 0 unspecified atom stereocenters. The molecule has 4 nitrogen and oxygen atoms in total. The van der Waals surface area contributed by atoms with E-state index in [2.05, 4.69) is 62.1 Å².